The molecule has 0 saturated heterocycles. The van der Waals surface area contributed by atoms with Gasteiger partial charge in [-0.1, -0.05) is 69.7 Å². The van der Waals surface area contributed by atoms with Gasteiger partial charge in [0.05, 0.1) is 10.6 Å². The summed E-state index contributed by atoms with van der Waals surface area (Å²) in [5.41, 5.74) is 3.41. The van der Waals surface area contributed by atoms with E-state index < -0.39 is 0 Å². The lowest BCUT2D eigenvalue weighted by molar-refractivity contribution is 0.985. The van der Waals surface area contributed by atoms with E-state index >= 15 is 0 Å². The van der Waals surface area contributed by atoms with Crippen LogP contribution < -0.4 is 0 Å². The maximum atomic E-state index is 4.37. The number of hydrogen-bond acceptors (Lipinski definition) is 3. The second kappa shape index (κ2) is 5.09. The minimum Gasteiger partial charge on any atom is -0.206 e. The van der Waals surface area contributed by atoms with Crippen molar-refractivity contribution in [1.29, 1.82) is 0 Å². The summed E-state index contributed by atoms with van der Waals surface area (Å²) in [5, 5.41) is 4.37. The van der Waals surface area contributed by atoms with Crippen LogP contribution in [0.25, 0.3) is 26.7 Å². The van der Waals surface area contributed by atoms with E-state index in [4.69, 9.17) is 0 Å². The molecule has 0 aliphatic heterocycles. The Bertz CT molecular complexity index is 894. The summed E-state index contributed by atoms with van der Waals surface area (Å²) in [4.78, 5) is 6.43. The molecular formula is C16H10BrN3S. The highest BCUT2D eigenvalue weighted by molar-refractivity contribution is 9.10. The fraction of sp³-hybridized carbons (Fsp3) is 0. The SMILES string of the molecule is Brc1ccc(-c2c(-c3ccccc3)sc3ncnn23)cc1. The molecule has 0 fully saturated rings. The van der Waals surface area contributed by atoms with Gasteiger partial charge in [-0.25, -0.2) is 9.50 Å². The van der Waals surface area contributed by atoms with E-state index in [-0.39, 0.29) is 0 Å². The van der Waals surface area contributed by atoms with Gasteiger partial charge < -0.3 is 0 Å². The molecule has 0 bridgehead atoms. The quantitative estimate of drug-likeness (QED) is 0.512. The van der Waals surface area contributed by atoms with Crippen molar-refractivity contribution in [3.63, 3.8) is 0 Å². The monoisotopic (exact) mass is 355 g/mol. The first-order valence-electron chi connectivity index (χ1n) is 6.47. The summed E-state index contributed by atoms with van der Waals surface area (Å²) in [7, 11) is 0. The van der Waals surface area contributed by atoms with Gasteiger partial charge in [0.2, 0.25) is 4.96 Å². The van der Waals surface area contributed by atoms with Crippen LogP contribution in [0, 0.1) is 0 Å². The summed E-state index contributed by atoms with van der Waals surface area (Å²) < 4.78 is 2.98. The van der Waals surface area contributed by atoms with Crippen molar-refractivity contribution in [1.82, 2.24) is 14.6 Å². The predicted octanol–water partition coefficient (Wildman–Crippen LogP) is 4.89. The van der Waals surface area contributed by atoms with Crippen LogP contribution in [0.4, 0.5) is 0 Å². The topological polar surface area (TPSA) is 30.2 Å². The summed E-state index contributed by atoms with van der Waals surface area (Å²) in [6.07, 6.45) is 1.60. The maximum absolute atomic E-state index is 4.37. The number of rotatable bonds is 2. The third-order valence-corrected chi connectivity index (χ3v) is 4.91. The highest BCUT2D eigenvalue weighted by atomic mass is 79.9. The average molecular weight is 356 g/mol. The highest BCUT2D eigenvalue weighted by Gasteiger charge is 2.17. The summed E-state index contributed by atoms with van der Waals surface area (Å²) in [6.45, 7) is 0. The van der Waals surface area contributed by atoms with Crippen LogP contribution in [0.2, 0.25) is 0 Å². The van der Waals surface area contributed by atoms with Crippen molar-refractivity contribution in [3.05, 3.63) is 65.4 Å². The number of aromatic nitrogens is 3. The van der Waals surface area contributed by atoms with Crippen molar-refractivity contribution in [2.24, 2.45) is 0 Å². The zero-order chi connectivity index (χ0) is 14.2. The zero-order valence-corrected chi connectivity index (χ0v) is 13.3. The van der Waals surface area contributed by atoms with Crippen LogP contribution in [0.3, 0.4) is 0 Å². The van der Waals surface area contributed by atoms with E-state index in [1.807, 2.05) is 22.7 Å². The number of nitrogens with zero attached hydrogens (tertiary/aromatic N) is 3. The highest BCUT2D eigenvalue weighted by Crippen LogP contribution is 2.38. The Hall–Kier alpha value is -1.98. The van der Waals surface area contributed by atoms with Gasteiger partial charge in [-0.05, 0) is 17.7 Å². The smallest absolute Gasteiger partial charge is 0.206 e. The van der Waals surface area contributed by atoms with Crippen LogP contribution in [0.5, 0.6) is 0 Å². The van der Waals surface area contributed by atoms with E-state index in [1.165, 1.54) is 10.4 Å². The molecule has 0 radical (unpaired) electrons. The molecule has 0 spiro atoms. The Morgan fingerprint density at radius 1 is 0.905 bits per heavy atom. The van der Waals surface area contributed by atoms with E-state index in [0.717, 1.165) is 20.7 Å². The van der Waals surface area contributed by atoms with E-state index in [0.29, 0.717) is 0 Å². The molecule has 3 nitrogen and oxygen atoms in total. The molecule has 4 rings (SSSR count). The van der Waals surface area contributed by atoms with Gasteiger partial charge in [-0.15, -0.1) is 0 Å². The zero-order valence-electron chi connectivity index (χ0n) is 10.9. The van der Waals surface area contributed by atoms with Crippen LogP contribution >= 0.6 is 27.3 Å². The molecule has 5 heteroatoms. The molecule has 2 aromatic heterocycles. The molecule has 4 aromatic rings. The van der Waals surface area contributed by atoms with Gasteiger partial charge >= 0.3 is 0 Å². The van der Waals surface area contributed by atoms with Crippen molar-refractivity contribution in [2.75, 3.05) is 0 Å². The number of fused-ring (bicyclic) bond motifs is 1. The minimum atomic E-state index is 0.909. The molecular weight excluding hydrogens is 346 g/mol. The normalized spacial score (nSPS) is 11.1. The first-order valence-corrected chi connectivity index (χ1v) is 8.08. The first kappa shape index (κ1) is 12.7. The van der Waals surface area contributed by atoms with Crippen molar-refractivity contribution < 1.29 is 0 Å². The van der Waals surface area contributed by atoms with Crippen LogP contribution in [-0.4, -0.2) is 14.6 Å². The van der Waals surface area contributed by atoms with Crippen molar-refractivity contribution in [2.45, 2.75) is 0 Å². The molecule has 102 valence electrons. The number of hydrogen-bond donors (Lipinski definition) is 0. The molecule has 21 heavy (non-hydrogen) atoms. The van der Waals surface area contributed by atoms with Crippen molar-refractivity contribution in [3.8, 4) is 21.7 Å². The lowest BCUT2D eigenvalue weighted by Gasteiger charge is -2.04. The Balaban J connectivity index is 2.01. The van der Waals surface area contributed by atoms with Gasteiger partial charge in [-0.2, -0.15) is 5.10 Å². The predicted molar refractivity (Wildman–Crippen MR) is 89.4 cm³/mol. The first-order chi connectivity index (χ1) is 10.3. The maximum Gasteiger partial charge on any atom is 0.213 e. The molecule has 0 aliphatic rings. The van der Waals surface area contributed by atoms with Gasteiger partial charge in [0.25, 0.3) is 0 Å². The summed E-state index contributed by atoms with van der Waals surface area (Å²) in [5.74, 6) is 0. The van der Waals surface area contributed by atoms with Crippen LogP contribution in [0.1, 0.15) is 0 Å². The number of halogens is 1. The van der Waals surface area contributed by atoms with E-state index in [9.17, 15) is 0 Å². The van der Waals surface area contributed by atoms with Gasteiger partial charge in [0, 0.05) is 10.0 Å². The molecule has 0 amide bonds. The Labute approximate surface area is 134 Å². The summed E-state index contributed by atoms with van der Waals surface area (Å²) in [6, 6.07) is 18.7. The number of benzene rings is 2. The molecule has 0 saturated carbocycles. The van der Waals surface area contributed by atoms with Gasteiger partial charge in [0.15, 0.2) is 0 Å². The average Bonchev–Trinajstić information content (AvgIpc) is 3.10. The second-order valence-corrected chi connectivity index (χ2v) is 6.50. The van der Waals surface area contributed by atoms with E-state index in [1.54, 1.807) is 17.7 Å². The Morgan fingerprint density at radius 3 is 2.43 bits per heavy atom. The molecule has 2 aromatic carbocycles. The lowest BCUT2D eigenvalue weighted by Crippen LogP contribution is -1.90. The standard InChI is InChI=1S/C16H10BrN3S/c17-13-8-6-11(7-9-13)14-15(12-4-2-1-3-5-12)21-16-18-10-19-20(14)16/h1-10H. The third kappa shape index (κ3) is 2.18. The lowest BCUT2D eigenvalue weighted by atomic mass is 10.1. The number of thiazole rings is 1. The minimum absolute atomic E-state index is 0.909. The third-order valence-electron chi connectivity index (χ3n) is 3.29. The summed E-state index contributed by atoms with van der Waals surface area (Å²) >= 11 is 5.14. The Kier molecular flexibility index (Phi) is 3.09. The molecule has 0 N–H and O–H groups in total. The molecule has 0 unspecified atom stereocenters. The molecule has 0 atom stereocenters. The fourth-order valence-electron chi connectivity index (χ4n) is 2.34. The fourth-order valence-corrected chi connectivity index (χ4v) is 3.66. The largest absolute Gasteiger partial charge is 0.213 e. The molecule has 2 heterocycles. The van der Waals surface area contributed by atoms with Crippen molar-refractivity contribution >= 4 is 32.2 Å². The van der Waals surface area contributed by atoms with Gasteiger partial charge in [0.1, 0.15) is 6.33 Å². The van der Waals surface area contributed by atoms with Crippen LogP contribution in [0.15, 0.2) is 65.4 Å². The van der Waals surface area contributed by atoms with E-state index in [2.05, 4.69) is 62.4 Å². The Morgan fingerprint density at radius 2 is 1.67 bits per heavy atom. The second-order valence-electron chi connectivity index (χ2n) is 4.61. The molecule has 0 aliphatic carbocycles. The van der Waals surface area contributed by atoms with Gasteiger partial charge in [-0.3, -0.25) is 0 Å². The van der Waals surface area contributed by atoms with Crippen LogP contribution in [-0.2, 0) is 0 Å².